The van der Waals surface area contributed by atoms with E-state index in [4.69, 9.17) is 24.7 Å². The highest BCUT2D eigenvalue weighted by Crippen LogP contribution is 2.23. The number of rotatable bonds is 17. The van der Waals surface area contributed by atoms with Gasteiger partial charge in [0, 0.05) is 19.5 Å². The fourth-order valence-electron chi connectivity index (χ4n) is 3.48. The Bertz CT molecular complexity index is 630. The molecule has 1 heterocycles. The van der Waals surface area contributed by atoms with Crippen molar-refractivity contribution in [3.8, 4) is 0 Å². The van der Waals surface area contributed by atoms with E-state index in [0.717, 1.165) is 0 Å². The summed E-state index contributed by atoms with van der Waals surface area (Å²) in [5.41, 5.74) is 5.29. The third-order valence-corrected chi connectivity index (χ3v) is 5.48. The molecule has 1 aliphatic heterocycles. The lowest BCUT2D eigenvalue weighted by Gasteiger charge is -2.40. The van der Waals surface area contributed by atoms with Gasteiger partial charge in [-0.15, -0.1) is 0 Å². The van der Waals surface area contributed by atoms with Gasteiger partial charge in [-0.05, 0) is 12.8 Å². The minimum Gasteiger partial charge on any atom is -0.447 e. The van der Waals surface area contributed by atoms with Crippen molar-refractivity contribution in [3.05, 3.63) is 0 Å². The van der Waals surface area contributed by atoms with Crippen LogP contribution in [-0.4, -0.2) is 126 Å². The first-order valence-corrected chi connectivity index (χ1v) is 12.3. The van der Waals surface area contributed by atoms with Crippen molar-refractivity contribution in [2.75, 3.05) is 39.5 Å². The number of nitrogens with two attached hydrogens (primary N) is 1. The number of hydrogen-bond acceptors (Lipinski definition) is 12. The summed E-state index contributed by atoms with van der Waals surface area (Å²) in [7, 11) is 0. The van der Waals surface area contributed by atoms with Crippen molar-refractivity contribution in [2.24, 2.45) is 5.73 Å². The van der Waals surface area contributed by atoms with Crippen LogP contribution < -0.4 is 16.4 Å². The number of aliphatic hydroxyl groups excluding tert-OH is 5. The van der Waals surface area contributed by atoms with Crippen LogP contribution >= 0.6 is 0 Å². The van der Waals surface area contributed by atoms with Gasteiger partial charge in [-0.3, -0.25) is 4.79 Å². The van der Waals surface area contributed by atoms with Gasteiger partial charge in [0.25, 0.3) is 0 Å². The van der Waals surface area contributed by atoms with Crippen LogP contribution in [0.25, 0.3) is 0 Å². The summed E-state index contributed by atoms with van der Waals surface area (Å²) >= 11 is 0. The number of nitrogens with one attached hydrogen (secondary N) is 2. The van der Waals surface area contributed by atoms with E-state index in [1.165, 1.54) is 0 Å². The second-order valence-electron chi connectivity index (χ2n) is 8.54. The number of amides is 2. The van der Waals surface area contributed by atoms with Crippen LogP contribution in [0.1, 0.15) is 39.5 Å². The highest BCUT2D eigenvalue weighted by atomic mass is 16.7. The lowest BCUT2D eigenvalue weighted by atomic mass is 9.99. The summed E-state index contributed by atoms with van der Waals surface area (Å²) in [5, 5.41) is 56.5. The molecule has 0 aliphatic carbocycles. The molecule has 8 atom stereocenters. The second kappa shape index (κ2) is 17.8. The molecule has 212 valence electrons. The Labute approximate surface area is 211 Å². The van der Waals surface area contributed by atoms with Crippen LogP contribution in [0, 0.1) is 0 Å². The van der Waals surface area contributed by atoms with E-state index >= 15 is 0 Å². The fourth-order valence-corrected chi connectivity index (χ4v) is 3.48. The molecule has 36 heavy (non-hydrogen) atoms. The third kappa shape index (κ3) is 11.2. The first-order valence-electron chi connectivity index (χ1n) is 12.3. The van der Waals surface area contributed by atoms with Gasteiger partial charge in [0.1, 0.15) is 37.1 Å². The van der Waals surface area contributed by atoms with Crippen LogP contribution in [0.5, 0.6) is 0 Å². The predicted octanol–water partition coefficient (Wildman–Crippen LogP) is -2.68. The smallest absolute Gasteiger partial charge is 0.407 e. The lowest BCUT2D eigenvalue weighted by molar-refractivity contribution is -0.302. The molecular formula is C22H43N3O11. The highest BCUT2D eigenvalue weighted by Gasteiger charge is 2.45. The monoisotopic (exact) mass is 525 g/mol. The zero-order chi connectivity index (χ0) is 27.1. The third-order valence-electron chi connectivity index (χ3n) is 5.48. The van der Waals surface area contributed by atoms with Crippen molar-refractivity contribution in [1.82, 2.24) is 10.6 Å². The molecular weight excluding hydrogens is 482 g/mol. The molecule has 14 nitrogen and oxygen atoms in total. The largest absolute Gasteiger partial charge is 0.447 e. The van der Waals surface area contributed by atoms with Crippen molar-refractivity contribution in [2.45, 2.75) is 88.5 Å². The Kier molecular flexibility index (Phi) is 16.0. The van der Waals surface area contributed by atoms with Gasteiger partial charge >= 0.3 is 6.09 Å². The quantitative estimate of drug-likeness (QED) is 0.0910. The van der Waals surface area contributed by atoms with Gasteiger partial charge in [-0.25, -0.2) is 4.79 Å². The summed E-state index contributed by atoms with van der Waals surface area (Å²) in [6.45, 7) is 3.88. The molecule has 1 fully saturated rings. The Morgan fingerprint density at radius 3 is 2.42 bits per heavy atom. The first-order chi connectivity index (χ1) is 17.2. The molecule has 0 aromatic heterocycles. The summed E-state index contributed by atoms with van der Waals surface area (Å²) in [4.78, 5) is 23.9. The van der Waals surface area contributed by atoms with E-state index in [-0.39, 0.29) is 38.5 Å². The van der Waals surface area contributed by atoms with Crippen LogP contribution in [0.2, 0.25) is 0 Å². The Morgan fingerprint density at radius 1 is 1.06 bits per heavy atom. The summed E-state index contributed by atoms with van der Waals surface area (Å²) in [5.74, 6) is -0.361. The maximum absolute atomic E-state index is 12.1. The summed E-state index contributed by atoms with van der Waals surface area (Å²) < 4.78 is 21.1. The van der Waals surface area contributed by atoms with Crippen molar-refractivity contribution < 1.29 is 54.1 Å². The molecule has 1 aliphatic rings. The zero-order valence-corrected chi connectivity index (χ0v) is 21.0. The highest BCUT2D eigenvalue weighted by molar-refractivity contribution is 5.76. The molecule has 0 spiro atoms. The van der Waals surface area contributed by atoms with Crippen LogP contribution in [0.4, 0.5) is 4.79 Å². The van der Waals surface area contributed by atoms with E-state index in [1.54, 1.807) is 0 Å². The number of alkyl carbamates (subject to hydrolysis) is 1. The minimum absolute atomic E-state index is 0.164. The zero-order valence-electron chi connectivity index (χ0n) is 21.0. The Hall–Kier alpha value is -1.62. The average molecular weight is 526 g/mol. The molecule has 14 heteroatoms. The molecule has 1 saturated heterocycles. The molecule has 0 radical (unpaired) electrons. The number of ether oxygens (including phenoxy) is 4. The maximum Gasteiger partial charge on any atom is 0.407 e. The fraction of sp³-hybridized carbons (Fsp3) is 0.909. The minimum atomic E-state index is -1.69. The molecule has 0 bridgehead atoms. The topological polar surface area (TPSA) is 222 Å². The number of carbonyl (C=O) groups is 2. The van der Waals surface area contributed by atoms with Crippen LogP contribution in [0.3, 0.4) is 0 Å². The van der Waals surface area contributed by atoms with Gasteiger partial charge in [0.15, 0.2) is 6.29 Å². The van der Waals surface area contributed by atoms with Gasteiger partial charge in [0.05, 0.1) is 32.0 Å². The summed E-state index contributed by atoms with van der Waals surface area (Å²) in [6.07, 6.45) is -9.32. The maximum atomic E-state index is 12.1. The second-order valence-corrected chi connectivity index (χ2v) is 8.54. The number of aliphatic hydroxyl groups is 5. The van der Waals surface area contributed by atoms with Gasteiger partial charge in [-0.1, -0.05) is 20.3 Å². The van der Waals surface area contributed by atoms with Gasteiger partial charge < -0.3 is 60.8 Å². The van der Waals surface area contributed by atoms with Crippen LogP contribution in [-0.2, 0) is 23.7 Å². The van der Waals surface area contributed by atoms with Gasteiger partial charge in [-0.2, -0.15) is 0 Å². The van der Waals surface area contributed by atoms with E-state index in [0.29, 0.717) is 26.0 Å². The standard InChI is InChI=1S/C22H43N3O11/c1-3-5-14(26)17(28)13(25-16(27)6-4-2)11-34-21-20(31)19(30)18(29)15(36-21)12-35-22(32)24-8-10-33-9-7-23/h13-15,17-21,26,28-31H,3-12,23H2,1-2H3,(H,24,32)(H,25,27)/t13-,14+,15?,17-,18-,19?,20-,21-/m0/s1. The molecule has 1 rings (SSSR count). The van der Waals surface area contributed by atoms with Gasteiger partial charge in [0.2, 0.25) is 5.91 Å². The van der Waals surface area contributed by atoms with Crippen molar-refractivity contribution in [1.29, 1.82) is 0 Å². The number of carbonyl (C=O) groups excluding carboxylic acids is 2. The van der Waals surface area contributed by atoms with Crippen molar-refractivity contribution >= 4 is 12.0 Å². The van der Waals surface area contributed by atoms with E-state index in [1.807, 2.05) is 13.8 Å². The first kappa shape index (κ1) is 32.4. The number of hydrogen-bond donors (Lipinski definition) is 8. The molecule has 9 N–H and O–H groups in total. The summed E-state index contributed by atoms with van der Waals surface area (Å²) in [6, 6.07) is -1.03. The van der Waals surface area contributed by atoms with E-state index in [9.17, 15) is 35.1 Å². The molecule has 0 saturated carbocycles. The predicted molar refractivity (Wildman–Crippen MR) is 126 cm³/mol. The molecule has 0 aromatic rings. The normalized spacial score (nSPS) is 26.6. The Morgan fingerprint density at radius 2 is 1.78 bits per heavy atom. The van der Waals surface area contributed by atoms with E-state index < -0.39 is 61.7 Å². The Balaban J connectivity index is 2.70. The molecule has 2 unspecified atom stereocenters. The molecule has 2 amide bonds. The average Bonchev–Trinajstić information content (AvgIpc) is 2.85. The SMILES string of the molecule is CCCC(=O)N[C@@H](CO[C@H]1OC(COC(=O)NCCOCCN)[C@H](O)C(O)[C@@H]1O)[C@H](O)[C@H](O)CCC. The molecule has 0 aromatic carbocycles. The van der Waals surface area contributed by atoms with Crippen LogP contribution in [0.15, 0.2) is 0 Å². The lowest BCUT2D eigenvalue weighted by Crippen LogP contribution is -2.60. The van der Waals surface area contributed by atoms with Crippen molar-refractivity contribution in [3.63, 3.8) is 0 Å². The van der Waals surface area contributed by atoms with E-state index in [2.05, 4.69) is 10.6 Å².